The van der Waals surface area contributed by atoms with Crippen LogP contribution in [-0.2, 0) is 20.9 Å². The van der Waals surface area contributed by atoms with Gasteiger partial charge in [-0.3, -0.25) is 4.90 Å². The lowest BCUT2D eigenvalue weighted by atomic mass is 10.2. The molecule has 0 aliphatic carbocycles. The molecule has 1 atom stereocenters. The molecule has 101 valence electrons. The normalized spacial score (nSPS) is 18.2. The molecule has 1 aromatic rings. The largest absolute Gasteiger partial charge is 0.467 e. The first kappa shape index (κ1) is 13.4. The highest BCUT2D eigenvalue weighted by molar-refractivity contribution is 5.82. The van der Waals surface area contributed by atoms with Crippen LogP contribution in [0.1, 0.15) is 12.0 Å². The first-order valence-electron chi connectivity index (χ1n) is 6.09. The number of likely N-dealkylation sites (tertiary alicyclic amines) is 1. The van der Waals surface area contributed by atoms with E-state index in [4.69, 9.17) is 4.74 Å². The Balaban J connectivity index is 1.90. The van der Waals surface area contributed by atoms with E-state index in [1.807, 2.05) is 36.8 Å². The molecular weight excluding hydrogens is 246 g/mol. The summed E-state index contributed by atoms with van der Waals surface area (Å²) in [5.41, 5.74) is 0.911. The van der Waals surface area contributed by atoms with Crippen molar-refractivity contribution in [1.82, 2.24) is 4.90 Å². The van der Waals surface area contributed by atoms with Crippen molar-refractivity contribution in [2.24, 2.45) is 0 Å². The molecule has 0 spiro atoms. The molecule has 1 radical (unpaired) electrons. The zero-order chi connectivity index (χ0) is 13.7. The molecule has 1 heterocycles. The van der Waals surface area contributed by atoms with E-state index in [-0.39, 0.29) is 6.61 Å². The Kier molecular flexibility index (Phi) is 4.39. The van der Waals surface area contributed by atoms with Gasteiger partial charge >= 0.3 is 12.1 Å². The topological polar surface area (TPSA) is 55.8 Å². The minimum atomic E-state index is -0.562. The zero-order valence-corrected chi connectivity index (χ0v) is 10.7. The SMILES string of the molecule is COC(=O)C1C[CH]CN1C(=O)OCc1ccccc1. The van der Waals surface area contributed by atoms with Crippen LogP contribution in [0.15, 0.2) is 30.3 Å². The second-order valence-electron chi connectivity index (χ2n) is 4.26. The van der Waals surface area contributed by atoms with Crippen LogP contribution in [0.3, 0.4) is 0 Å². The molecule has 1 fully saturated rings. The Morgan fingerprint density at radius 2 is 2.05 bits per heavy atom. The van der Waals surface area contributed by atoms with Crippen LogP contribution in [0, 0.1) is 6.42 Å². The maximum Gasteiger partial charge on any atom is 0.410 e. The summed E-state index contributed by atoms with van der Waals surface area (Å²) in [4.78, 5) is 24.8. The van der Waals surface area contributed by atoms with Gasteiger partial charge in [-0.05, 0) is 18.4 Å². The molecule has 19 heavy (non-hydrogen) atoms. The van der Waals surface area contributed by atoms with Gasteiger partial charge in [-0.25, -0.2) is 9.59 Å². The average Bonchev–Trinajstić information content (AvgIpc) is 2.94. The maximum atomic E-state index is 11.9. The van der Waals surface area contributed by atoms with Crippen LogP contribution >= 0.6 is 0 Å². The van der Waals surface area contributed by atoms with Crippen LogP contribution < -0.4 is 0 Å². The number of amides is 1. The van der Waals surface area contributed by atoms with Crippen LogP contribution in [0.2, 0.25) is 0 Å². The molecule has 0 N–H and O–H groups in total. The predicted octanol–water partition coefficient (Wildman–Crippen LogP) is 1.77. The van der Waals surface area contributed by atoms with Crippen molar-refractivity contribution in [3.05, 3.63) is 42.3 Å². The van der Waals surface area contributed by atoms with Gasteiger partial charge in [0.25, 0.3) is 0 Å². The van der Waals surface area contributed by atoms with Gasteiger partial charge in [0.15, 0.2) is 0 Å². The monoisotopic (exact) mass is 262 g/mol. The number of ether oxygens (including phenoxy) is 2. The molecule has 1 aromatic carbocycles. The van der Waals surface area contributed by atoms with Crippen molar-refractivity contribution in [1.29, 1.82) is 0 Å². The summed E-state index contributed by atoms with van der Waals surface area (Å²) in [5, 5.41) is 0. The molecular formula is C14H16NO4. The van der Waals surface area contributed by atoms with E-state index in [2.05, 4.69) is 4.74 Å². The molecule has 1 aliphatic heterocycles. The van der Waals surface area contributed by atoms with Gasteiger partial charge in [0.05, 0.1) is 7.11 Å². The Labute approximate surface area is 112 Å². The van der Waals surface area contributed by atoms with Crippen LogP contribution in [0.25, 0.3) is 0 Å². The summed E-state index contributed by atoms with van der Waals surface area (Å²) in [5.74, 6) is -0.412. The van der Waals surface area contributed by atoms with E-state index >= 15 is 0 Å². The number of methoxy groups -OCH3 is 1. The third-order valence-corrected chi connectivity index (χ3v) is 3.00. The second-order valence-corrected chi connectivity index (χ2v) is 4.26. The molecule has 5 nitrogen and oxygen atoms in total. The number of benzene rings is 1. The summed E-state index contributed by atoms with van der Waals surface area (Å²) in [6.07, 6.45) is 1.88. The lowest BCUT2D eigenvalue weighted by Crippen LogP contribution is -2.41. The van der Waals surface area contributed by atoms with Crippen LogP contribution in [-0.4, -0.2) is 36.7 Å². The minimum Gasteiger partial charge on any atom is -0.467 e. The molecule has 2 rings (SSSR count). The van der Waals surface area contributed by atoms with E-state index < -0.39 is 18.1 Å². The average molecular weight is 262 g/mol. The van der Waals surface area contributed by atoms with Gasteiger partial charge in [0.2, 0.25) is 0 Å². The fraction of sp³-hybridized carbons (Fsp3) is 0.357. The van der Waals surface area contributed by atoms with E-state index in [0.29, 0.717) is 13.0 Å². The van der Waals surface area contributed by atoms with E-state index in [0.717, 1.165) is 5.56 Å². The maximum absolute atomic E-state index is 11.9. The fourth-order valence-electron chi connectivity index (χ4n) is 1.99. The lowest BCUT2D eigenvalue weighted by Gasteiger charge is -2.21. The second kappa shape index (κ2) is 6.22. The van der Waals surface area contributed by atoms with Crippen molar-refractivity contribution in [2.45, 2.75) is 19.1 Å². The van der Waals surface area contributed by atoms with E-state index in [9.17, 15) is 9.59 Å². The quantitative estimate of drug-likeness (QED) is 0.779. The highest BCUT2D eigenvalue weighted by atomic mass is 16.6. The third-order valence-electron chi connectivity index (χ3n) is 3.00. The molecule has 1 saturated heterocycles. The van der Waals surface area contributed by atoms with Crippen LogP contribution in [0.5, 0.6) is 0 Å². The Hall–Kier alpha value is -2.04. The Morgan fingerprint density at radius 3 is 2.74 bits per heavy atom. The number of hydrogen-bond donors (Lipinski definition) is 0. The first-order valence-corrected chi connectivity index (χ1v) is 6.09. The van der Waals surface area contributed by atoms with Gasteiger partial charge < -0.3 is 9.47 Å². The van der Waals surface area contributed by atoms with Crippen molar-refractivity contribution < 1.29 is 19.1 Å². The summed E-state index contributed by atoms with van der Waals surface area (Å²) in [6.45, 7) is 0.609. The highest BCUT2D eigenvalue weighted by Gasteiger charge is 2.35. The number of carbonyl (C=O) groups excluding carboxylic acids is 2. The van der Waals surface area contributed by atoms with Gasteiger partial charge in [0, 0.05) is 6.54 Å². The third kappa shape index (κ3) is 3.24. The van der Waals surface area contributed by atoms with Crippen LogP contribution in [0.4, 0.5) is 4.79 Å². The summed E-state index contributed by atoms with van der Waals surface area (Å²) < 4.78 is 9.87. The molecule has 1 aliphatic rings. The van der Waals surface area contributed by atoms with Gasteiger partial charge in [0.1, 0.15) is 12.6 Å². The zero-order valence-electron chi connectivity index (χ0n) is 10.7. The molecule has 5 heteroatoms. The number of rotatable bonds is 3. The summed E-state index contributed by atoms with van der Waals surface area (Å²) in [6, 6.07) is 8.85. The fourth-order valence-corrected chi connectivity index (χ4v) is 1.99. The first-order chi connectivity index (χ1) is 9.22. The molecule has 0 bridgehead atoms. The van der Waals surface area contributed by atoms with Gasteiger partial charge in [-0.15, -0.1) is 0 Å². The number of esters is 1. The smallest absolute Gasteiger partial charge is 0.410 e. The lowest BCUT2D eigenvalue weighted by molar-refractivity contribution is -0.145. The van der Waals surface area contributed by atoms with Crippen molar-refractivity contribution in [3.8, 4) is 0 Å². The van der Waals surface area contributed by atoms with Crippen molar-refractivity contribution in [3.63, 3.8) is 0 Å². The van der Waals surface area contributed by atoms with Gasteiger partial charge in [-0.1, -0.05) is 30.3 Å². The minimum absolute atomic E-state index is 0.198. The number of hydrogen-bond acceptors (Lipinski definition) is 4. The Bertz CT molecular complexity index is 446. The van der Waals surface area contributed by atoms with Gasteiger partial charge in [-0.2, -0.15) is 0 Å². The summed E-state index contributed by atoms with van der Waals surface area (Å²) in [7, 11) is 1.31. The predicted molar refractivity (Wildman–Crippen MR) is 68.1 cm³/mol. The highest BCUT2D eigenvalue weighted by Crippen LogP contribution is 2.19. The van der Waals surface area contributed by atoms with E-state index in [1.165, 1.54) is 12.0 Å². The Morgan fingerprint density at radius 1 is 1.32 bits per heavy atom. The molecule has 0 saturated carbocycles. The molecule has 0 aromatic heterocycles. The van der Waals surface area contributed by atoms with Crippen molar-refractivity contribution >= 4 is 12.1 Å². The standard InChI is InChI=1S/C14H16NO4/c1-18-13(16)12-8-5-9-15(12)14(17)19-10-11-6-3-2-4-7-11/h2-7,12H,8-10H2,1H3. The van der Waals surface area contributed by atoms with E-state index in [1.54, 1.807) is 0 Å². The molecule has 1 amide bonds. The summed E-state index contributed by atoms with van der Waals surface area (Å²) >= 11 is 0. The number of nitrogens with zero attached hydrogens (tertiary/aromatic N) is 1. The van der Waals surface area contributed by atoms with Crippen molar-refractivity contribution in [2.75, 3.05) is 13.7 Å². The molecule has 1 unspecified atom stereocenters. The number of carbonyl (C=O) groups is 2.